The molecule has 1 atom stereocenters. The van der Waals surface area contributed by atoms with Crippen LogP contribution in [-0.2, 0) is 4.79 Å². The highest BCUT2D eigenvalue weighted by Crippen LogP contribution is 2.40. The molecule has 1 N–H and O–H groups in total. The highest BCUT2D eigenvalue weighted by atomic mass is 33.1. The highest BCUT2D eigenvalue weighted by molar-refractivity contribution is 8.77. The van der Waals surface area contributed by atoms with Crippen LogP contribution in [0.3, 0.4) is 0 Å². The van der Waals surface area contributed by atoms with Crippen LogP contribution in [0.5, 0.6) is 5.75 Å². The van der Waals surface area contributed by atoms with Crippen molar-refractivity contribution in [2.75, 3.05) is 24.7 Å². The molecule has 1 amide bonds. The minimum Gasteiger partial charge on any atom is -0.497 e. The van der Waals surface area contributed by atoms with Crippen LogP contribution in [0.2, 0.25) is 0 Å². The van der Waals surface area contributed by atoms with Crippen molar-refractivity contribution in [3.63, 3.8) is 0 Å². The van der Waals surface area contributed by atoms with Gasteiger partial charge in [-0.2, -0.15) is 0 Å². The molecular weight excluding hydrogens is 521 g/mol. The van der Waals surface area contributed by atoms with Gasteiger partial charge in [0.25, 0.3) is 0 Å². The monoisotopic (exact) mass is 560 g/mol. The van der Waals surface area contributed by atoms with Crippen molar-refractivity contribution < 1.29 is 9.53 Å². The highest BCUT2D eigenvalue weighted by Gasteiger charge is 2.16. The van der Waals surface area contributed by atoms with Gasteiger partial charge in [-0.25, -0.2) is 0 Å². The molecule has 0 bridgehead atoms. The molecular formula is C33H40N2O2S2. The van der Waals surface area contributed by atoms with Crippen LogP contribution >= 0.6 is 21.6 Å². The van der Waals surface area contributed by atoms with E-state index in [0.717, 1.165) is 70.5 Å². The number of hydrogen-bond acceptors (Lipinski definition) is 5. The lowest BCUT2D eigenvalue weighted by Gasteiger charge is -2.15. The lowest BCUT2D eigenvalue weighted by Crippen LogP contribution is -2.11. The van der Waals surface area contributed by atoms with Crippen LogP contribution in [0.25, 0.3) is 5.57 Å². The number of carbonyl (C=O) groups excluding carboxylic acids is 1. The van der Waals surface area contributed by atoms with E-state index in [9.17, 15) is 4.79 Å². The van der Waals surface area contributed by atoms with Crippen LogP contribution in [-0.4, -0.2) is 36.3 Å². The van der Waals surface area contributed by atoms with Crippen LogP contribution in [0.1, 0.15) is 69.4 Å². The van der Waals surface area contributed by atoms with E-state index in [4.69, 9.17) is 9.73 Å². The molecule has 2 aromatic carbocycles. The van der Waals surface area contributed by atoms with E-state index in [1.807, 2.05) is 45.9 Å². The van der Waals surface area contributed by atoms with E-state index < -0.39 is 0 Å². The van der Waals surface area contributed by atoms with Gasteiger partial charge in [0.15, 0.2) is 0 Å². The predicted octanol–water partition coefficient (Wildman–Crippen LogP) is 8.91. The van der Waals surface area contributed by atoms with Gasteiger partial charge < -0.3 is 10.1 Å². The largest absolute Gasteiger partial charge is 0.497 e. The molecule has 2 aromatic rings. The Bertz CT molecular complexity index is 1170. The van der Waals surface area contributed by atoms with Crippen molar-refractivity contribution in [2.24, 2.45) is 4.99 Å². The molecule has 2 aliphatic rings. The van der Waals surface area contributed by atoms with Crippen molar-refractivity contribution in [3.05, 3.63) is 89.5 Å². The molecule has 0 saturated carbocycles. The standard InChI is InChI=1S/C33H40N2O2S2/c1-3-4-7-23-34-28-16-10-25(11-17-28)33(27-14-20-30(37-2)21-15-27)26-12-18-29(19-13-26)35-32(36)9-6-5-8-31-22-24-38-39-31/h10-21,31H,3-9,22-24H2,1-2H3,(H,35,36). The molecule has 1 saturated heterocycles. The summed E-state index contributed by atoms with van der Waals surface area (Å²) in [7, 11) is 5.68. The zero-order chi connectivity index (χ0) is 27.3. The van der Waals surface area contributed by atoms with Gasteiger partial charge in [0.05, 0.1) is 12.8 Å². The average Bonchev–Trinajstić information content (AvgIpc) is 3.49. The fourth-order valence-electron chi connectivity index (χ4n) is 4.73. The maximum atomic E-state index is 12.5. The molecule has 4 rings (SSSR count). The van der Waals surface area contributed by atoms with Crippen LogP contribution < -0.4 is 10.1 Å². The second-order valence-electron chi connectivity index (χ2n) is 9.94. The van der Waals surface area contributed by atoms with Gasteiger partial charge in [-0.05, 0) is 84.4 Å². The number of carbonyl (C=O) groups is 1. The van der Waals surface area contributed by atoms with Crippen LogP contribution in [0, 0.1) is 0 Å². The summed E-state index contributed by atoms with van der Waals surface area (Å²) >= 11 is 0. The summed E-state index contributed by atoms with van der Waals surface area (Å²) in [5.74, 6) is 2.19. The fraction of sp³-hybridized carbons (Fsp3) is 0.394. The van der Waals surface area contributed by atoms with Gasteiger partial charge >= 0.3 is 0 Å². The Morgan fingerprint density at radius 3 is 2.31 bits per heavy atom. The summed E-state index contributed by atoms with van der Waals surface area (Å²) in [4.78, 5) is 17.3. The molecule has 0 spiro atoms. The lowest BCUT2D eigenvalue weighted by atomic mass is 9.90. The summed E-state index contributed by atoms with van der Waals surface area (Å²) in [6, 6.07) is 16.4. The summed E-state index contributed by atoms with van der Waals surface area (Å²) in [5.41, 5.74) is 6.32. The Morgan fingerprint density at radius 1 is 0.949 bits per heavy atom. The topological polar surface area (TPSA) is 50.7 Å². The molecule has 0 aromatic heterocycles. The molecule has 206 valence electrons. The van der Waals surface area contributed by atoms with Crippen molar-refractivity contribution in [1.29, 1.82) is 0 Å². The zero-order valence-corrected chi connectivity index (χ0v) is 24.8. The molecule has 1 fully saturated rings. The second-order valence-corrected chi connectivity index (χ2v) is 12.7. The first kappa shape index (κ1) is 29.3. The summed E-state index contributed by atoms with van der Waals surface area (Å²) in [6.45, 7) is 3.08. The number of nitrogens with zero attached hydrogens (tertiary/aromatic N) is 1. The number of ether oxygens (including phenoxy) is 1. The first-order valence-corrected chi connectivity index (χ1v) is 16.5. The minimum atomic E-state index is 0.0915. The zero-order valence-electron chi connectivity index (χ0n) is 23.2. The van der Waals surface area contributed by atoms with Gasteiger partial charge in [0, 0.05) is 29.7 Å². The number of benzene rings is 2. The maximum Gasteiger partial charge on any atom is 0.224 e. The molecule has 0 radical (unpaired) electrons. The van der Waals surface area contributed by atoms with Crippen molar-refractivity contribution >= 4 is 44.5 Å². The Balaban J connectivity index is 1.44. The third kappa shape index (κ3) is 9.18. The molecule has 1 aliphatic carbocycles. The van der Waals surface area contributed by atoms with E-state index in [2.05, 4.69) is 60.8 Å². The normalized spacial score (nSPS) is 16.4. The Labute approximate surface area is 241 Å². The number of methoxy groups -OCH3 is 1. The number of aliphatic imine (C=N–C) groups is 1. The van der Waals surface area contributed by atoms with Crippen molar-refractivity contribution in [3.8, 4) is 5.75 Å². The first-order valence-electron chi connectivity index (χ1n) is 14.1. The average molecular weight is 561 g/mol. The quantitative estimate of drug-likeness (QED) is 0.196. The third-order valence-electron chi connectivity index (χ3n) is 6.96. The summed E-state index contributed by atoms with van der Waals surface area (Å²) in [6.07, 6.45) is 17.2. The van der Waals surface area contributed by atoms with Gasteiger partial charge in [-0.3, -0.25) is 9.79 Å². The first-order chi connectivity index (χ1) is 19.2. The van der Waals surface area contributed by atoms with E-state index >= 15 is 0 Å². The van der Waals surface area contributed by atoms with Crippen molar-refractivity contribution in [1.82, 2.24) is 0 Å². The van der Waals surface area contributed by atoms with Gasteiger partial charge in [-0.15, -0.1) is 0 Å². The van der Waals surface area contributed by atoms with E-state index in [-0.39, 0.29) is 5.91 Å². The molecule has 1 aliphatic heterocycles. The minimum absolute atomic E-state index is 0.0915. The van der Waals surface area contributed by atoms with E-state index in [0.29, 0.717) is 6.42 Å². The number of allylic oxidation sites excluding steroid dienone is 5. The number of hydrogen-bond donors (Lipinski definition) is 1. The SMILES string of the molecule is CCCCCN=C1C=CC(=C(c2ccc(NC(=O)CCCCC3CCSS3)cc2)c2ccc(OC)cc2)C=C1. The van der Waals surface area contributed by atoms with Crippen LogP contribution in [0.4, 0.5) is 5.69 Å². The summed E-state index contributed by atoms with van der Waals surface area (Å²) in [5, 5.41) is 3.86. The lowest BCUT2D eigenvalue weighted by molar-refractivity contribution is -0.116. The van der Waals surface area contributed by atoms with E-state index in [1.165, 1.54) is 31.4 Å². The fourth-order valence-corrected chi connectivity index (χ4v) is 7.75. The van der Waals surface area contributed by atoms with Gasteiger partial charge in [-0.1, -0.05) is 84.2 Å². The van der Waals surface area contributed by atoms with Crippen LogP contribution in [0.15, 0.2) is 83.4 Å². The van der Waals surface area contributed by atoms with Crippen molar-refractivity contribution in [2.45, 2.75) is 63.5 Å². The Hall–Kier alpha value is -2.70. The molecule has 1 heterocycles. The Kier molecular flexibility index (Phi) is 11.9. The second kappa shape index (κ2) is 15.8. The van der Waals surface area contributed by atoms with E-state index in [1.54, 1.807) is 7.11 Å². The molecule has 1 unspecified atom stereocenters. The third-order valence-corrected chi connectivity index (χ3v) is 9.96. The summed E-state index contributed by atoms with van der Waals surface area (Å²) < 4.78 is 5.38. The predicted molar refractivity (Wildman–Crippen MR) is 171 cm³/mol. The number of nitrogens with one attached hydrogen (secondary N) is 1. The number of amides is 1. The smallest absolute Gasteiger partial charge is 0.224 e. The molecule has 6 heteroatoms. The number of anilines is 1. The molecule has 4 nitrogen and oxygen atoms in total. The molecule has 39 heavy (non-hydrogen) atoms. The number of unbranched alkanes of at least 4 members (excludes halogenated alkanes) is 3. The Morgan fingerprint density at radius 2 is 1.67 bits per heavy atom. The van der Waals surface area contributed by atoms with Gasteiger partial charge in [0.2, 0.25) is 5.91 Å². The number of rotatable bonds is 13. The van der Waals surface area contributed by atoms with Gasteiger partial charge in [0.1, 0.15) is 5.75 Å². The maximum absolute atomic E-state index is 12.5.